The smallest absolute Gasteiger partial charge is 0.191 e. The topological polar surface area (TPSA) is 54.9 Å². The van der Waals surface area contributed by atoms with Crippen LogP contribution < -0.4 is 15.4 Å². The molecule has 0 aromatic heterocycles. The summed E-state index contributed by atoms with van der Waals surface area (Å²) in [6.07, 6.45) is 5.35. The van der Waals surface area contributed by atoms with Gasteiger partial charge in [0.2, 0.25) is 0 Å². The summed E-state index contributed by atoms with van der Waals surface area (Å²) < 4.78 is 11.7. The Bertz CT molecular complexity index is 607. The van der Waals surface area contributed by atoms with Gasteiger partial charge < -0.3 is 20.1 Å². The minimum absolute atomic E-state index is 0. The molecular formula is C21H36IN3O2S. The SMILES string of the molecule is CCCOc1cc(C)ccc1CN=C(NCC)NCC1(SC)CCOCC1.I. The summed E-state index contributed by atoms with van der Waals surface area (Å²) in [5, 5.41) is 6.91. The molecule has 0 aliphatic carbocycles. The minimum atomic E-state index is 0. The van der Waals surface area contributed by atoms with Crippen molar-refractivity contribution in [2.24, 2.45) is 4.99 Å². The van der Waals surface area contributed by atoms with E-state index in [-0.39, 0.29) is 28.7 Å². The van der Waals surface area contributed by atoms with Gasteiger partial charge in [-0.3, -0.25) is 0 Å². The van der Waals surface area contributed by atoms with Gasteiger partial charge in [0.05, 0.1) is 13.2 Å². The summed E-state index contributed by atoms with van der Waals surface area (Å²) in [6, 6.07) is 6.34. The van der Waals surface area contributed by atoms with E-state index >= 15 is 0 Å². The van der Waals surface area contributed by atoms with Gasteiger partial charge in [-0.2, -0.15) is 11.8 Å². The lowest BCUT2D eigenvalue weighted by molar-refractivity contribution is 0.0783. The normalized spacial score (nSPS) is 16.2. The van der Waals surface area contributed by atoms with Gasteiger partial charge >= 0.3 is 0 Å². The standard InChI is InChI=1S/C21H35N3O2S.HI/c1-5-11-26-19-14-17(3)7-8-18(19)15-23-20(22-6-2)24-16-21(27-4)9-12-25-13-10-21;/h7-8,14H,5-6,9-13,15-16H2,1-4H3,(H2,22,23,24);1H. The number of thioether (sulfide) groups is 1. The molecule has 0 spiro atoms. The third kappa shape index (κ3) is 7.99. The molecule has 7 heteroatoms. The van der Waals surface area contributed by atoms with Gasteiger partial charge in [-0.05, 0) is 51.0 Å². The Hall–Kier alpha value is -0.670. The van der Waals surface area contributed by atoms with Crippen LogP contribution in [0, 0.1) is 6.92 Å². The van der Waals surface area contributed by atoms with Crippen LogP contribution in [0.2, 0.25) is 0 Å². The highest BCUT2D eigenvalue weighted by Gasteiger charge is 2.31. The van der Waals surface area contributed by atoms with Crippen LogP contribution in [0.4, 0.5) is 0 Å². The Balaban J connectivity index is 0.00000392. The van der Waals surface area contributed by atoms with Crippen LogP contribution in [-0.2, 0) is 11.3 Å². The summed E-state index contributed by atoms with van der Waals surface area (Å²) in [7, 11) is 0. The van der Waals surface area contributed by atoms with Gasteiger partial charge in [-0.15, -0.1) is 24.0 Å². The van der Waals surface area contributed by atoms with E-state index in [1.807, 2.05) is 11.8 Å². The van der Waals surface area contributed by atoms with E-state index in [0.29, 0.717) is 6.54 Å². The molecule has 0 radical (unpaired) electrons. The maximum atomic E-state index is 5.92. The van der Waals surface area contributed by atoms with Crippen molar-refractivity contribution in [1.29, 1.82) is 0 Å². The molecular weight excluding hydrogens is 485 g/mol. The molecule has 2 rings (SSSR count). The Morgan fingerprint density at radius 1 is 1.25 bits per heavy atom. The molecule has 2 N–H and O–H groups in total. The van der Waals surface area contributed by atoms with Crippen molar-refractivity contribution in [1.82, 2.24) is 10.6 Å². The maximum Gasteiger partial charge on any atom is 0.191 e. The molecule has 28 heavy (non-hydrogen) atoms. The summed E-state index contributed by atoms with van der Waals surface area (Å²) >= 11 is 1.94. The molecule has 1 heterocycles. The van der Waals surface area contributed by atoms with Crippen molar-refractivity contribution in [3.05, 3.63) is 29.3 Å². The second-order valence-electron chi connectivity index (χ2n) is 7.01. The molecule has 1 saturated heterocycles. The van der Waals surface area contributed by atoms with Crippen molar-refractivity contribution >= 4 is 41.7 Å². The number of rotatable bonds is 9. The number of halogens is 1. The predicted molar refractivity (Wildman–Crippen MR) is 131 cm³/mol. The zero-order valence-corrected chi connectivity index (χ0v) is 20.8. The summed E-state index contributed by atoms with van der Waals surface area (Å²) in [5.74, 6) is 1.81. The van der Waals surface area contributed by atoms with E-state index in [0.717, 1.165) is 69.4 Å². The number of benzene rings is 1. The molecule has 0 atom stereocenters. The van der Waals surface area contributed by atoms with E-state index in [9.17, 15) is 0 Å². The number of hydrogen-bond acceptors (Lipinski definition) is 4. The quantitative estimate of drug-likeness (QED) is 0.287. The molecule has 0 amide bonds. The average Bonchev–Trinajstić information content (AvgIpc) is 2.70. The third-order valence-electron chi connectivity index (χ3n) is 4.85. The lowest BCUT2D eigenvalue weighted by atomic mass is 9.99. The molecule has 1 aromatic carbocycles. The first kappa shape index (κ1) is 25.4. The van der Waals surface area contributed by atoms with E-state index in [1.54, 1.807) is 0 Å². The first-order valence-electron chi connectivity index (χ1n) is 10.00. The fraction of sp³-hybridized carbons (Fsp3) is 0.667. The van der Waals surface area contributed by atoms with E-state index in [1.165, 1.54) is 5.56 Å². The number of aliphatic imine (C=N–C) groups is 1. The lowest BCUT2D eigenvalue weighted by Gasteiger charge is -2.36. The van der Waals surface area contributed by atoms with Gasteiger partial charge in [0.1, 0.15) is 5.75 Å². The monoisotopic (exact) mass is 521 g/mol. The second-order valence-corrected chi connectivity index (χ2v) is 8.28. The summed E-state index contributed by atoms with van der Waals surface area (Å²) in [6.45, 7) is 11.1. The first-order valence-corrected chi connectivity index (χ1v) is 11.2. The fourth-order valence-electron chi connectivity index (χ4n) is 3.09. The molecule has 1 aromatic rings. The first-order chi connectivity index (χ1) is 13.1. The van der Waals surface area contributed by atoms with Crippen LogP contribution in [0.1, 0.15) is 44.2 Å². The number of guanidine groups is 1. The van der Waals surface area contributed by atoms with Crippen molar-refractivity contribution in [2.45, 2.75) is 51.3 Å². The maximum absolute atomic E-state index is 5.92. The van der Waals surface area contributed by atoms with Crippen molar-refractivity contribution < 1.29 is 9.47 Å². The number of ether oxygens (including phenoxy) is 2. The summed E-state index contributed by atoms with van der Waals surface area (Å²) in [4.78, 5) is 4.81. The fourth-order valence-corrected chi connectivity index (χ4v) is 3.88. The number of hydrogen-bond donors (Lipinski definition) is 2. The van der Waals surface area contributed by atoms with Crippen LogP contribution in [0.5, 0.6) is 5.75 Å². The van der Waals surface area contributed by atoms with Crippen LogP contribution >= 0.6 is 35.7 Å². The highest BCUT2D eigenvalue weighted by Crippen LogP contribution is 2.33. The van der Waals surface area contributed by atoms with Gasteiger partial charge in [-0.25, -0.2) is 4.99 Å². The van der Waals surface area contributed by atoms with E-state index in [2.05, 4.69) is 55.9 Å². The van der Waals surface area contributed by atoms with Crippen molar-refractivity contribution in [2.75, 3.05) is 39.2 Å². The zero-order valence-electron chi connectivity index (χ0n) is 17.7. The van der Waals surface area contributed by atoms with E-state index in [4.69, 9.17) is 14.5 Å². The highest BCUT2D eigenvalue weighted by atomic mass is 127. The zero-order chi connectivity index (χ0) is 19.5. The molecule has 0 unspecified atom stereocenters. The van der Waals surface area contributed by atoms with E-state index < -0.39 is 0 Å². The van der Waals surface area contributed by atoms with Gasteiger partial charge in [0, 0.05) is 36.6 Å². The molecule has 0 saturated carbocycles. The lowest BCUT2D eigenvalue weighted by Crippen LogP contribution is -2.47. The molecule has 0 bridgehead atoms. The third-order valence-corrected chi connectivity index (χ3v) is 6.27. The second kappa shape index (κ2) is 13.5. The predicted octanol–water partition coefficient (Wildman–Crippen LogP) is 4.37. The van der Waals surface area contributed by atoms with Crippen molar-refractivity contribution in [3.63, 3.8) is 0 Å². The van der Waals surface area contributed by atoms with Crippen LogP contribution in [0.25, 0.3) is 0 Å². The van der Waals surface area contributed by atoms with Gasteiger partial charge in [0.25, 0.3) is 0 Å². The van der Waals surface area contributed by atoms with Crippen LogP contribution in [0.3, 0.4) is 0 Å². The van der Waals surface area contributed by atoms with Crippen LogP contribution in [-0.4, -0.2) is 49.9 Å². The molecule has 160 valence electrons. The number of nitrogens with zero attached hydrogens (tertiary/aromatic N) is 1. The minimum Gasteiger partial charge on any atom is -0.493 e. The Morgan fingerprint density at radius 3 is 2.64 bits per heavy atom. The Labute approximate surface area is 191 Å². The van der Waals surface area contributed by atoms with Crippen LogP contribution in [0.15, 0.2) is 23.2 Å². The Kier molecular flexibility index (Phi) is 12.3. The van der Waals surface area contributed by atoms with Crippen molar-refractivity contribution in [3.8, 4) is 5.75 Å². The molecule has 1 aliphatic rings. The highest BCUT2D eigenvalue weighted by molar-refractivity contribution is 14.0. The molecule has 1 aliphatic heterocycles. The number of nitrogens with one attached hydrogen (secondary N) is 2. The van der Waals surface area contributed by atoms with Gasteiger partial charge in [-0.1, -0.05) is 19.1 Å². The Morgan fingerprint density at radius 2 is 2.00 bits per heavy atom. The average molecular weight is 522 g/mol. The van der Waals surface area contributed by atoms with Gasteiger partial charge in [0.15, 0.2) is 5.96 Å². The largest absolute Gasteiger partial charge is 0.493 e. The number of aryl methyl sites for hydroxylation is 1. The summed E-state index contributed by atoms with van der Waals surface area (Å²) in [5.41, 5.74) is 2.33. The molecule has 1 fully saturated rings. The molecule has 5 nitrogen and oxygen atoms in total.